The van der Waals surface area contributed by atoms with E-state index in [4.69, 9.17) is 16.3 Å². The van der Waals surface area contributed by atoms with Gasteiger partial charge in [-0.3, -0.25) is 4.98 Å². The minimum Gasteiger partial charge on any atom is -0.491 e. The number of benzene rings is 1. The maximum absolute atomic E-state index is 6.14. The average molecular weight is 279 g/mol. The first-order valence-electron chi connectivity index (χ1n) is 6.69. The fourth-order valence-electron chi connectivity index (χ4n) is 1.91. The first kappa shape index (κ1) is 14.1. The lowest BCUT2D eigenvalue weighted by molar-refractivity contribution is 0.311. The molecule has 1 heterocycles. The Bertz CT molecular complexity index is 531. The number of pyridine rings is 1. The summed E-state index contributed by atoms with van der Waals surface area (Å²) < 4.78 is 5.79. The fourth-order valence-corrected chi connectivity index (χ4v) is 2.12. The second-order valence-corrected chi connectivity index (χ2v) is 4.80. The van der Waals surface area contributed by atoms with Crippen LogP contribution in [0.1, 0.15) is 19.8 Å². The maximum Gasteiger partial charge on any atom is 0.145 e. The van der Waals surface area contributed by atoms with Crippen LogP contribution in [0.15, 0.2) is 30.5 Å². The predicted octanol–water partition coefficient (Wildman–Crippen LogP) is 3.66. The van der Waals surface area contributed by atoms with Crippen LogP contribution in [0.5, 0.6) is 5.75 Å². The zero-order valence-electron chi connectivity index (χ0n) is 11.2. The number of aromatic nitrogens is 1. The molecule has 1 aromatic heterocycles. The number of fused-ring (bicyclic) bond motifs is 1. The molecule has 0 bridgehead atoms. The molecule has 19 heavy (non-hydrogen) atoms. The van der Waals surface area contributed by atoms with Crippen LogP contribution in [0.25, 0.3) is 10.9 Å². The lowest BCUT2D eigenvalue weighted by Gasteiger charge is -2.09. The normalized spacial score (nSPS) is 10.8. The van der Waals surface area contributed by atoms with Crippen molar-refractivity contribution in [3.8, 4) is 5.75 Å². The van der Waals surface area contributed by atoms with Gasteiger partial charge in [0.1, 0.15) is 11.3 Å². The summed E-state index contributed by atoms with van der Waals surface area (Å²) in [5.41, 5.74) is 0.830. The molecule has 0 atom stereocenters. The SMILES string of the molecule is CCCNCCCOc1ccc(Cl)c2cccnc12. The van der Waals surface area contributed by atoms with E-state index in [1.165, 1.54) is 0 Å². The van der Waals surface area contributed by atoms with E-state index >= 15 is 0 Å². The van der Waals surface area contributed by atoms with Gasteiger partial charge in [0, 0.05) is 11.6 Å². The molecular formula is C15H19ClN2O. The Morgan fingerprint density at radius 1 is 1.26 bits per heavy atom. The molecular weight excluding hydrogens is 260 g/mol. The zero-order chi connectivity index (χ0) is 13.5. The van der Waals surface area contributed by atoms with Crippen molar-refractivity contribution in [3.63, 3.8) is 0 Å². The summed E-state index contributed by atoms with van der Waals surface area (Å²) in [4.78, 5) is 4.35. The van der Waals surface area contributed by atoms with Crippen LogP contribution in [0.4, 0.5) is 0 Å². The minimum atomic E-state index is 0.685. The summed E-state index contributed by atoms with van der Waals surface area (Å²) in [7, 11) is 0. The number of hydrogen-bond acceptors (Lipinski definition) is 3. The second kappa shape index (κ2) is 7.31. The topological polar surface area (TPSA) is 34.1 Å². The van der Waals surface area contributed by atoms with Crippen molar-refractivity contribution in [3.05, 3.63) is 35.5 Å². The zero-order valence-corrected chi connectivity index (χ0v) is 11.9. The molecule has 0 aliphatic rings. The van der Waals surface area contributed by atoms with Gasteiger partial charge in [0.2, 0.25) is 0 Å². The van der Waals surface area contributed by atoms with Crippen molar-refractivity contribution in [1.29, 1.82) is 0 Å². The van der Waals surface area contributed by atoms with Gasteiger partial charge in [0.15, 0.2) is 0 Å². The number of nitrogens with one attached hydrogen (secondary N) is 1. The predicted molar refractivity (Wildman–Crippen MR) is 80.0 cm³/mol. The summed E-state index contributed by atoms with van der Waals surface area (Å²) in [6.45, 7) is 4.89. The van der Waals surface area contributed by atoms with Crippen molar-refractivity contribution in [1.82, 2.24) is 10.3 Å². The third-order valence-corrected chi connectivity index (χ3v) is 3.19. The van der Waals surface area contributed by atoms with Crippen LogP contribution in [0.3, 0.4) is 0 Å². The highest BCUT2D eigenvalue weighted by Crippen LogP contribution is 2.29. The number of halogens is 1. The Morgan fingerprint density at radius 2 is 2.16 bits per heavy atom. The van der Waals surface area contributed by atoms with Crippen LogP contribution >= 0.6 is 11.6 Å². The lowest BCUT2D eigenvalue weighted by Crippen LogP contribution is -2.18. The van der Waals surface area contributed by atoms with Gasteiger partial charge in [0.05, 0.1) is 11.6 Å². The minimum absolute atomic E-state index is 0.685. The summed E-state index contributed by atoms with van der Waals surface area (Å²) in [6, 6.07) is 7.58. The largest absolute Gasteiger partial charge is 0.491 e. The third-order valence-electron chi connectivity index (χ3n) is 2.86. The molecule has 0 fully saturated rings. The van der Waals surface area contributed by atoms with Gasteiger partial charge >= 0.3 is 0 Å². The Labute approximate surface area is 118 Å². The van der Waals surface area contributed by atoms with Crippen molar-refractivity contribution >= 4 is 22.5 Å². The van der Waals surface area contributed by atoms with E-state index < -0.39 is 0 Å². The fraction of sp³-hybridized carbons (Fsp3) is 0.400. The highest BCUT2D eigenvalue weighted by atomic mass is 35.5. The van der Waals surface area contributed by atoms with Crippen molar-refractivity contribution < 1.29 is 4.74 Å². The molecule has 0 amide bonds. The monoisotopic (exact) mass is 278 g/mol. The molecule has 1 aromatic carbocycles. The molecule has 0 saturated heterocycles. The lowest BCUT2D eigenvalue weighted by atomic mass is 10.2. The van der Waals surface area contributed by atoms with Crippen LogP contribution in [0, 0.1) is 0 Å². The number of hydrogen-bond donors (Lipinski definition) is 1. The molecule has 0 aliphatic carbocycles. The van der Waals surface area contributed by atoms with Gasteiger partial charge in [-0.15, -0.1) is 0 Å². The number of nitrogens with zero attached hydrogens (tertiary/aromatic N) is 1. The Balaban J connectivity index is 1.96. The molecule has 0 saturated carbocycles. The van der Waals surface area contributed by atoms with Crippen LogP contribution in [0.2, 0.25) is 5.02 Å². The summed E-state index contributed by atoms with van der Waals surface area (Å²) in [5.74, 6) is 0.801. The second-order valence-electron chi connectivity index (χ2n) is 4.40. The van der Waals surface area contributed by atoms with Crippen LogP contribution in [-0.4, -0.2) is 24.7 Å². The molecule has 102 valence electrons. The van der Waals surface area contributed by atoms with Gasteiger partial charge in [-0.2, -0.15) is 0 Å². The van der Waals surface area contributed by atoms with Crippen LogP contribution in [-0.2, 0) is 0 Å². The molecule has 4 heteroatoms. The van der Waals surface area contributed by atoms with E-state index in [1.54, 1.807) is 6.20 Å². The highest BCUT2D eigenvalue weighted by Gasteiger charge is 2.06. The molecule has 0 spiro atoms. The van der Waals surface area contributed by atoms with E-state index in [0.717, 1.165) is 42.6 Å². The summed E-state index contributed by atoms with van der Waals surface area (Å²) >= 11 is 6.14. The van der Waals surface area contributed by atoms with Crippen molar-refractivity contribution in [2.45, 2.75) is 19.8 Å². The third kappa shape index (κ3) is 3.82. The molecule has 1 N–H and O–H groups in total. The average Bonchev–Trinajstić information content (AvgIpc) is 2.45. The van der Waals surface area contributed by atoms with Crippen molar-refractivity contribution in [2.24, 2.45) is 0 Å². The summed E-state index contributed by atoms with van der Waals surface area (Å²) in [5, 5.41) is 5.00. The van der Waals surface area contributed by atoms with Crippen molar-refractivity contribution in [2.75, 3.05) is 19.7 Å². The Kier molecular flexibility index (Phi) is 5.43. The van der Waals surface area contributed by atoms with E-state index in [-0.39, 0.29) is 0 Å². The number of rotatable bonds is 7. The molecule has 2 aromatic rings. The molecule has 0 radical (unpaired) electrons. The maximum atomic E-state index is 6.14. The van der Waals surface area contributed by atoms with E-state index in [2.05, 4.69) is 17.2 Å². The Hall–Kier alpha value is -1.32. The standard InChI is InChI=1S/C15H19ClN2O/c1-2-8-17-9-4-11-19-14-7-6-13(16)12-5-3-10-18-15(12)14/h3,5-7,10,17H,2,4,8-9,11H2,1H3. The molecule has 2 rings (SSSR count). The number of ether oxygens (including phenoxy) is 1. The molecule has 3 nitrogen and oxygen atoms in total. The van der Waals surface area contributed by atoms with Gasteiger partial charge in [-0.1, -0.05) is 18.5 Å². The highest BCUT2D eigenvalue weighted by molar-refractivity contribution is 6.35. The van der Waals surface area contributed by atoms with E-state index in [9.17, 15) is 0 Å². The van der Waals surface area contributed by atoms with E-state index in [1.807, 2.05) is 24.3 Å². The van der Waals surface area contributed by atoms with Gasteiger partial charge in [-0.25, -0.2) is 0 Å². The van der Waals surface area contributed by atoms with Crippen LogP contribution < -0.4 is 10.1 Å². The first-order valence-corrected chi connectivity index (χ1v) is 7.07. The summed E-state index contributed by atoms with van der Waals surface area (Å²) in [6.07, 6.45) is 3.90. The Morgan fingerprint density at radius 3 is 3.00 bits per heavy atom. The molecule has 0 aliphatic heterocycles. The van der Waals surface area contributed by atoms with Gasteiger partial charge in [0.25, 0.3) is 0 Å². The smallest absolute Gasteiger partial charge is 0.145 e. The molecule has 0 unspecified atom stereocenters. The van der Waals surface area contributed by atoms with Gasteiger partial charge in [-0.05, 0) is 50.2 Å². The van der Waals surface area contributed by atoms with E-state index in [0.29, 0.717) is 11.6 Å². The first-order chi connectivity index (χ1) is 9.33. The van der Waals surface area contributed by atoms with Gasteiger partial charge < -0.3 is 10.1 Å². The quantitative estimate of drug-likeness (QED) is 0.785.